The fourth-order valence-electron chi connectivity index (χ4n) is 1.78. The summed E-state index contributed by atoms with van der Waals surface area (Å²) in [5.41, 5.74) is 2.77. The number of hydrogen-bond donors (Lipinski definition) is 0. The third kappa shape index (κ3) is 1.66. The Balaban J connectivity index is 2.28. The van der Waals surface area contributed by atoms with E-state index in [-0.39, 0.29) is 0 Å². The van der Waals surface area contributed by atoms with Gasteiger partial charge in [0.15, 0.2) is 16.6 Å². The minimum atomic E-state index is 0.360. The lowest BCUT2D eigenvalue weighted by Crippen LogP contribution is -1.91. The molecule has 0 N–H and O–H groups in total. The first-order valence-electron chi connectivity index (χ1n) is 5.18. The van der Waals surface area contributed by atoms with Crippen LogP contribution in [0.1, 0.15) is 5.56 Å². The Hall–Kier alpha value is -1.94. The second-order valence-corrected chi connectivity index (χ2v) is 4.16. The van der Waals surface area contributed by atoms with Crippen LogP contribution in [0.3, 0.4) is 0 Å². The number of nitrogens with zero attached hydrogens (tertiary/aromatic N) is 4. The van der Waals surface area contributed by atoms with E-state index in [0.29, 0.717) is 10.8 Å². The summed E-state index contributed by atoms with van der Waals surface area (Å²) in [6, 6.07) is 8.10. The number of halogens is 1. The molecule has 0 aliphatic carbocycles. The van der Waals surface area contributed by atoms with E-state index in [1.165, 1.54) is 5.56 Å². The molecule has 0 saturated heterocycles. The van der Waals surface area contributed by atoms with Crippen LogP contribution in [0.25, 0.3) is 17.0 Å². The number of benzene rings is 1. The Bertz CT molecular complexity index is 690. The third-order valence-corrected chi connectivity index (χ3v) is 2.83. The first kappa shape index (κ1) is 10.2. The highest BCUT2D eigenvalue weighted by molar-refractivity contribution is 6.32. The summed E-state index contributed by atoms with van der Waals surface area (Å²) in [5.74, 6) is 0.771. The Morgan fingerprint density at radius 1 is 1.24 bits per heavy atom. The van der Waals surface area contributed by atoms with Crippen molar-refractivity contribution < 1.29 is 0 Å². The van der Waals surface area contributed by atoms with Crippen LogP contribution in [0, 0.1) is 6.92 Å². The van der Waals surface area contributed by atoms with Gasteiger partial charge in [-0.15, -0.1) is 10.2 Å². The monoisotopic (exact) mass is 244 g/mol. The molecule has 0 unspecified atom stereocenters. The molecule has 0 aliphatic heterocycles. The van der Waals surface area contributed by atoms with Gasteiger partial charge >= 0.3 is 0 Å². The number of fused-ring (bicyclic) bond motifs is 1. The predicted octanol–water partition coefficient (Wildman–Crippen LogP) is 2.75. The highest BCUT2D eigenvalue weighted by Gasteiger charge is 2.10. The molecule has 0 atom stereocenters. The van der Waals surface area contributed by atoms with Crippen LogP contribution >= 0.6 is 11.6 Å². The fourth-order valence-corrected chi connectivity index (χ4v) is 1.96. The Labute approximate surface area is 103 Å². The van der Waals surface area contributed by atoms with Crippen molar-refractivity contribution in [3.05, 3.63) is 47.4 Å². The lowest BCUT2D eigenvalue weighted by atomic mass is 10.1. The molecule has 4 nitrogen and oxygen atoms in total. The molecule has 0 radical (unpaired) electrons. The van der Waals surface area contributed by atoms with Crippen molar-refractivity contribution in [3.8, 4) is 11.4 Å². The van der Waals surface area contributed by atoms with E-state index < -0.39 is 0 Å². The lowest BCUT2D eigenvalue weighted by molar-refractivity contribution is 1.11. The van der Waals surface area contributed by atoms with Gasteiger partial charge in [-0.3, -0.25) is 4.40 Å². The van der Waals surface area contributed by atoms with Gasteiger partial charge < -0.3 is 0 Å². The van der Waals surface area contributed by atoms with Crippen LogP contribution in [-0.4, -0.2) is 19.6 Å². The van der Waals surface area contributed by atoms with Crippen LogP contribution in [0.5, 0.6) is 0 Å². The van der Waals surface area contributed by atoms with Crippen LogP contribution in [-0.2, 0) is 0 Å². The van der Waals surface area contributed by atoms with Gasteiger partial charge in [-0.25, -0.2) is 4.98 Å². The number of aromatic nitrogens is 4. The molecule has 3 rings (SSSR count). The standard InChI is InChI=1S/C12H9ClN4/c1-8-3-2-4-9(7-8)11-15-16-12-10(13)14-5-6-17(11)12/h2-7H,1H3. The van der Waals surface area contributed by atoms with E-state index in [0.717, 1.165) is 11.4 Å². The van der Waals surface area contributed by atoms with Gasteiger partial charge in [-0.05, 0) is 13.0 Å². The quantitative estimate of drug-likeness (QED) is 0.661. The van der Waals surface area contributed by atoms with Gasteiger partial charge in [0, 0.05) is 18.0 Å². The minimum absolute atomic E-state index is 0.360. The zero-order valence-corrected chi connectivity index (χ0v) is 9.89. The smallest absolute Gasteiger partial charge is 0.198 e. The van der Waals surface area contributed by atoms with Crippen LogP contribution in [0.15, 0.2) is 36.7 Å². The van der Waals surface area contributed by atoms with Crippen molar-refractivity contribution in [1.29, 1.82) is 0 Å². The first-order valence-corrected chi connectivity index (χ1v) is 5.56. The summed E-state index contributed by atoms with van der Waals surface area (Å²) in [6.07, 6.45) is 3.44. The molecule has 0 aliphatic rings. The largest absolute Gasteiger partial charge is 0.278 e. The highest BCUT2D eigenvalue weighted by atomic mass is 35.5. The van der Waals surface area contributed by atoms with Gasteiger partial charge in [-0.2, -0.15) is 0 Å². The van der Waals surface area contributed by atoms with Gasteiger partial charge in [0.25, 0.3) is 0 Å². The molecule has 0 spiro atoms. The molecule has 84 valence electrons. The zero-order valence-electron chi connectivity index (χ0n) is 9.13. The topological polar surface area (TPSA) is 43.1 Å². The molecule has 17 heavy (non-hydrogen) atoms. The fraction of sp³-hybridized carbons (Fsp3) is 0.0833. The molecule has 3 aromatic rings. The molecule has 1 aromatic carbocycles. The van der Waals surface area contributed by atoms with Gasteiger partial charge in [-0.1, -0.05) is 35.4 Å². The highest BCUT2D eigenvalue weighted by Crippen LogP contribution is 2.21. The second-order valence-electron chi connectivity index (χ2n) is 3.80. The second kappa shape index (κ2) is 3.82. The van der Waals surface area contributed by atoms with E-state index in [9.17, 15) is 0 Å². The molecule has 5 heteroatoms. The predicted molar refractivity (Wildman–Crippen MR) is 66.0 cm³/mol. The van der Waals surface area contributed by atoms with Crippen LogP contribution in [0.4, 0.5) is 0 Å². The van der Waals surface area contributed by atoms with Crippen molar-refractivity contribution in [2.24, 2.45) is 0 Å². The molecule has 2 heterocycles. The van der Waals surface area contributed by atoms with Crippen molar-refractivity contribution in [1.82, 2.24) is 19.6 Å². The number of rotatable bonds is 1. The van der Waals surface area contributed by atoms with Crippen molar-refractivity contribution in [2.45, 2.75) is 6.92 Å². The summed E-state index contributed by atoms with van der Waals surface area (Å²) >= 11 is 5.95. The maximum absolute atomic E-state index is 5.95. The molecule has 2 aromatic heterocycles. The van der Waals surface area contributed by atoms with Crippen LogP contribution in [0.2, 0.25) is 5.15 Å². The Morgan fingerprint density at radius 2 is 2.12 bits per heavy atom. The van der Waals surface area contributed by atoms with E-state index in [2.05, 4.69) is 21.2 Å². The minimum Gasteiger partial charge on any atom is -0.278 e. The van der Waals surface area contributed by atoms with Gasteiger partial charge in [0.1, 0.15) is 0 Å². The number of hydrogen-bond acceptors (Lipinski definition) is 3. The third-order valence-electron chi connectivity index (χ3n) is 2.56. The first-order chi connectivity index (χ1) is 8.25. The average molecular weight is 245 g/mol. The molecular weight excluding hydrogens is 236 g/mol. The van der Waals surface area contributed by atoms with E-state index in [1.807, 2.05) is 29.5 Å². The zero-order chi connectivity index (χ0) is 11.8. The van der Waals surface area contributed by atoms with Crippen LogP contribution < -0.4 is 0 Å². The number of aryl methyl sites for hydroxylation is 1. The van der Waals surface area contributed by atoms with E-state index in [1.54, 1.807) is 12.4 Å². The maximum atomic E-state index is 5.95. The molecule has 0 amide bonds. The van der Waals surface area contributed by atoms with Crippen molar-refractivity contribution in [2.75, 3.05) is 0 Å². The molecular formula is C12H9ClN4. The summed E-state index contributed by atoms with van der Waals surface area (Å²) < 4.78 is 1.84. The van der Waals surface area contributed by atoms with Crippen molar-refractivity contribution in [3.63, 3.8) is 0 Å². The summed E-state index contributed by atoms with van der Waals surface area (Å²) in [6.45, 7) is 2.04. The summed E-state index contributed by atoms with van der Waals surface area (Å²) in [4.78, 5) is 3.97. The maximum Gasteiger partial charge on any atom is 0.198 e. The van der Waals surface area contributed by atoms with Gasteiger partial charge in [0.2, 0.25) is 0 Å². The molecule has 0 bridgehead atoms. The average Bonchev–Trinajstić information content (AvgIpc) is 2.74. The van der Waals surface area contributed by atoms with Crippen molar-refractivity contribution >= 4 is 17.2 Å². The Kier molecular flexibility index (Phi) is 2.30. The molecule has 0 fully saturated rings. The Morgan fingerprint density at radius 3 is 2.94 bits per heavy atom. The van der Waals surface area contributed by atoms with E-state index >= 15 is 0 Å². The normalized spacial score (nSPS) is 10.9. The van der Waals surface area contributed by atoms with Gasteiger partial charge in [0.05, 0.1) is 0 Å². The summed E-state index contributed by atoms with van der Waals surface area (Å²) in [5, 5.41) is 8.56. The SMILES string of the molecule is Cc1cccc(-c2nnc3c(Cl)nccn23)c1. The summed E-state index contributed by atoms with van der Waals surface area (Å²) in [7, 11) is 0. The lowest BCUT2D eigenvalue weighted by Gasteiger charge is -2.01. The molecule has 0 saturated carbocycles. The van der Waals surface area contributed by atoms with E-state index in [4.69, 9.17) is 11.6 Å².